The van der Waals surface area contributed by atoms with Crippen LogP contribution in [-0.4, -0.2) is 29.1 Å². The molecule has 1 unspecified atom stereocenters. The van der Waals surface area contributed by atoms with Gasteiger partial charge in [0.25, 0.3) is 0 Å². The molecular weight excluding hydrogens is 353 g/mol. The van der Waals surface area contributed by atoms with Gasteiger partial charge in [-0.2, -0.15) is 0 Å². The summed E-state index contributed by atoms with van der Waals surface area (Å²) in [5.41, 5.74) is 1.02. The Labute approximate surface area is 149 Å². The highest BCUT2D eigenvalue weighted by Gasteiger charge is 2.31. The number of carbonyl (C=O) groups is 2. The normalized spacial score (nSPS) is 11.6. The van der Waals surface area contributed by atoms with Gasteiger partial charge in [-0.05, 0) is 23.8 Å². The SMILES string of the molecule is CN(C(=O)OCc1ccccc1)C(C(=O)O)c1cc(Cl)ccc1Cl. The number of amides is 1. The topological polar surface area (TPSA) is 66.8 Å². The van der Waals surface area contributed by atoms with Crippen LogP contribution >= 0.6 is 23.2 Å². The Morgan fingerprint density at radius 2 is 1.83 bits per heavy atom. The first-order chi connectivity index (χ1) is 11.4. The zero-order valence-corrected chi connectivity index (χ0v) is 14.3. The fourth-order valence-corrected chi connectivity index (χ4v) is 2.56. The number of halogens is 2. The third-order valence-electron chi connectivity index (χ3n) is 3.37. The quantitative estimate of drug-likeness (QED) is 0.850. The van der Waals surface area contributed by atoms with Gasteiger partial charge in [0.05, 0.1) is 0 Å². The van der Waals surface area contributed by atoms with Gasteiger partial charge in [0.15, 0.2) is 6.04 Å². The molecule has 24 heavy (non-hydrogen) atoms. The summed E-state index contributed by atoms with van der Waals surface area (Å²) in [6, 6.07) is 12.2. The molecule has 1 atom stereocenters. The second-order valence-electron chi connectivity index (χ2n) is 5.06. The molecule has 0 saturated heterocycles. The van der Waals surface area contributed by atoms with Gasteiger partial charge < -0.3 is 9.84 Å². The van der Waals surface area contributed by atoms with Crippen LogP contribution in [0.3, 0.4) is 0 Å². The molecule has 1 amide bonds. The van der Waals surface area contributed by atoms with E-state index in [4.69, 9.17) is 27.9 Å². The van der Waals surface area contributed by atoms with Crippen molar-refractivity contribution in [2.75, 3.05) is 7.05 Å². The number of benzene rings is 2. The molecular formula is C17H15Cl2NO4. The molecule has 7 heteroatoms. The van der Waals surface area contributed by atoms with Crippen molar-refractivity contribution in [2.24, 2.45) is 0 Å². The van der Waals surface area contributed by atoms with Crippen molar-refractivity contribution in [3.05, 3.63) is 69.7 Å². The van der Waals surface area contributed by atoms with E-state index in [9.17, 15) is 14.7 Å². The first-order valence-electron chi connectivity index (χ1n) is 7.01. The van der Waals surface area contributed by atoms with E-state index >= 15 is 0 Å². The zero-order chi connectivity index (χ0) is 17.7. The minimum absolute atomic E-state index is 0.0413. The van der Waals surface area contributed by atoms with E-state index in [1.807, 2.05) is 18.2 Å². The van der Waals surface area contributed by atoms with Crippen LogP contribution in [0, 0.1) is 0 Å². The van der Waals surface area contributed by atoms with Crippen molar-refractivity contribution < 1.29 is 19.4 Å². The summed E-state index contributed by atoms with van der Waals surface area (Å²) in [5.74, 6) is -1.24. The number of hydrogen-bond acceptors (Lipinski definition) is 3. The van der Waals surface area contributed by atoms with E-state index in [1.54, 1.807) is 18.2 Å². The van der Waals surface area contributed by atoms with Crippen molar-refractivity contribution in [1.29, 1.82) is 0 Å². The molecule has 0 bridgehead atoms. The Morgan fingerprint density at radius 3 is 2.46 bits per heavy atom. The molecule has 0 aliphatic heterocycles. The van der Waals surface area contributed by atoms with Gasteiger partial charge in [0.1, 0.15) is 6.61 Å². The monoisotopic (exact) mass is 367 g/mol. The Hall–Kier alpha value is -2.24. The molecule has 0 spiro atoms. The van der Waals surface area contributed by atoms with Gasteiger partial charge in [0.2, 0.25) is 0 Å². The summed E-state index contributed by atoms with van der Waals surface area (Å²) in [4.78, 5) is 24.8. The van der Waals surface area contributed by atoms with E-state index in [2.05, 4.69) is 0 Å². The van der Waals surface area contributed by atoms with Crippen molar-refractivity contribution in [2.45, 2.75) is 12.6 Å². The highest BCUT2D eigenvalue weighted by atomic mass is 35.5. The number of nitrogens with zero attached hydrogens (tertiary/aromatic N) is 1. The molecule has 0 aliphatic carbocycles. The van der Waals surface area contributed by atoms with Gasteiger partial charge in [0, 0.05) is 22.7 Å². The smallest absolute Gasteiger partial charge is 0.410 e. The molecule has 0 heterocycles. The van der Waals surface area contributed by atoms with Crippen LogP contribution < -0.4 is 0 Å². The number of likely N-dealkylation sites (N-methyl/N-ethyl adjacent to an activating group) is 1. The lowest BCUT2D eigenvalue weighted by molar-refractivity contribution is -0.142. The summed E-state index contributed by atoms with van der Waals surface area (Å²) >= 11 is 12.0. The number of aliphatic carboxylic acids is 1. The second kappa shape index (κ2) is 8.04. The number of ether oxygens (including phenoxy) is 1. The lowest BCUT2D eigenvalue weighted by atomic mass is 10.1. The molecule has 126 valence electrons. The van der Waals surface area contributed by atoms with E-state index in [0.717, 1.165) is 10.5 Å². The molecule has 0 radical (unpaired) electrons. The predicted molar refractivity (Wildman–Crippen MR) is 91.2 cm³/mol. The minimum Gasteiger partial charge on any atom is -0.479 e. The van der Waals surface area contributed by atoms with Gasteiger partial charge in [-0.1, -0.05) is 53.5 Å². The van der Waals surface area contributed by atoms with Crippen LogP contribution in [0.5, 0.6) is 0 Å². The standard InChI is InChI=1S/C17H15Cl2NO4/c1-20(17(23)24-10-11-5-3-2-4-6-11)15(16(21)22)13-9-12(18)7-8-14(13)19/h2-9,15H,10H2,1H3,(H,21,22). The first-order valence-corrected chi connectivity index (χ1v) is 7.77. The van der Waals surface area contributed by atoms with Crippen molar-refractivity contribution in [3.8, 4) is 0 Å². The number of hydrogen-bond donors (Lipinski definition) is 1. The summed E-state index contributed by atoms with van der Waals surface area (Å²) in [6.45, 7) is 0.0413. The van der Waals surface area contributed by atoms with E-state index < -0.39 is 18.1 Å². The third kappa shape index (κ3) is 4.40. The first kappa shape index (κ1) is 18.1. The van der Waals surface area contributed by atoms with Crippen LogP contribution in [0.2, 0.25) is 10.0 Å². The number of carboxylic acids is 1. The van der Waals surface area contributed by atoms with Gasteiger partial charge in [-0.15, -0.1) is 0 Å². The number of carboxylic acid groups (broad SMARTS) is 1. The molecule has 2 aromatic rings. The van der Waals surface area contributed by atoms with Crippen molar-refractivity contribution >= 4 is 35.3 Å². The Morgan fingerprint density at radius 1 is 1.17 bits per heavy atom. The van der Waals surface area contributed by atoms with Crippen molar-refractivity contribution in [1.82, 2.24) is 4.90 Å². The molecule has 1 N–H and O–H groups in total. The highest BCUT2D eigenvalue weighted by molar-refractivity contribution is 6.33. The van der Waals surface area contributed by atoms with E-state index in [0.29, 0.717) is 5.02 Å². The summed E-state index contributed by atoms with van der Waals surface area (Å²) in [7, 11) is 1.34. The van der Waals surface area contributed by atoms with E-state index in [-0.39, 0.29) is 17.2 Å². The van der Waals surface area contributed by atoms with Crippen LogP contribution in [0.4, 0.5) is 4.79 Å². The van der Waals surface area contributed by atoms with Crippen LogP contribution in [-0.2, 0) is 16.1 Å². The maximum absolute atomic E-state index is 12.2. The summed E-state index contributed by atoms with van der Waals surface area (Å²) in [5, 5.41) is 10.0. The maximum Gasteiger partial charge on any atom is 0.410 e. The number of carbonyl (C=O) groups excluding carboxylic acids is 1. The van der Waals surface area contributed by atoms with Gasteiger partial charge >= 0.3 is 12.1 Å². The largest absolute Gasteiger partial charge is 0.479 e. The molecule has 0 fully saturated rings. The average molecular weight is 368 g/mol. The molecule has 0 saturated carbocycles. The molecule has 5 nitrogen and oxygen atoms in total. The Bertz CT molecular complexity index is 737. The lowest BCUT2D eigenvalue weighted by Crippen LogP contribution is -2.36. The molecule has 0 aliphatic rings. The van der Waals surface area contributed by atoms with Crippen LogP contribution in [0.25, 0.3) is 0 Å². The van der Waals surface area contributed by atoms with Gasteiger partial charge in [-0.3, -0.25) is 4.90 Å². The summed E-state index contributed by atoms with van der Waals surface area (Å²) < 4.78 is 5.16. The zero-order valence-electron chi connectivity index (χ0n) is 12.8. The number of rotatable bonds is 5. The molecule has 0 aromatic heterocycles. The average Bonchev–Trinajstić information content (AvgIpc) is 2.56. The second-order valence-corrected chi connectivity index (χ2v) is 5.90. The fourth-order valence-electron chi connectivity index (χ4n) is 2.16. The van der Waals surface area contributed by atoms with E-state index in [1.165, 1.54) is 19.2 Å². The maximum atomic E-state index is 12.2. The van der Waals surface area contributed by atoms with Crippen molar-refractivity contribution in [3.63, 3.8) is 0 Å². The summed E-state index contributed by atoms with van der Waals surface area (Å²) in [6.07, 6.45) is -0.776. The van der Waals surface area contributed by atoms with Gasteiger partial charge in [-0.25, -0.2) is 9.59 Å². The molecule has 2 aromatic carbocycles. The Kier molecular flexibility index (Phi) is 6.06. The lowest BCUT2D eigenvalue weighted by Gasteiger charge is -2.25. The predicted octanol–water partition coefficient (Wildman–Crippen LogP) is 4.39. The third-order valence-corrected chi connectivity index (χ3v) is 3.95. The minimum atomic E-state index is -1.31. The molecule has 2 rings (SSSR count). The van der Waals surface area contributed by atoms with Crippen LogP contribution in [0.15, 0.2) is 48.5 Å². The fraction of sp³-hybridized carbons (Fsp3) is 0.176. The highest BCUT2D eigenvalue weighted by Crippen LogP contribution is 2.30. The Balaban J connectivity index is 2.16. The van der Waals surface area contributed by atoms with Crippen LogP contribution in [0.1, 0.15) is 17.2 Å².